The van der Waals surface area contributed by atoms with E-state index < -0.39 is 10.0 Å². The van der Waals surface area contributed by atoms with E-state index in [-0.39, 0.29) is 21.8 Å². The van der Waals surface area contributed by atoms with E-state index in [2.05, 4.69) is 0 Å². The fourth-order valence-corrected chi connectivity index (χ4v) is 2.21. The smallest absolute Gasteiger partial charge is 0.241 e. The standard InChI is InChI=1S/C10H14ClNO4S/c1-7(6-15-2)16-9-4-3-8(11)5-10(9)17(12,13)14/h3-5,7H,6H2,1-2H3,(H2,12,13,14). The summed E-state index contributed by atoms with van der Waals surface area (Å²) in [5.41, 5.74) is 0. The van der Waals surface area contributed by atoms with Gasteiger partial charge in [-0.25, -0.2) is 13.6 Å². The van der Waals surface area contributed by atoms with Crippen molar-refractivity contribution in [1.82, 2.24) is 0 Å². The van der Waals surface area contributed by atoms with Gasteiger partial charge in [0.15, 0.2) is 0 Å². The van der Waals surface area contributed by atoms with Crippen LogP contribution >= 0.6 is 11.6 Å². The highest BCUT2D eigenvalue weighted by atomic mass is 35.5. The summed E-state index contributed by atoms with van der Waals surface area (Å²) in [5.74, 6) is 0.168. The van der Waals surface area contributed by atoms with Gasteiger partial charge in [0.05, 0.1) is 6.61 Å². The zero-order chi connectivity index (χ0) is 13.1. The molecule has 1 unspecified atom stereocenters. The van der Waals surface area contributed by atoms with Gasteiger partial charge in [0, 0.05) is 12.1 Å². The second-order valence-electron chi connectivity index (χ2n) is 3.52. The average Bonchev–Trinajstić information content (AvgIpc) is 2.19. The van der Waals surface area contributed by atoms with Crippen LogP contribution in [0, 0.1) is 0 Å². The maximum absolute atomic E-state index is 11.4. The van der Waals surface area contributed by atoms with Crippen molar-refractivity contribution in [3.05, 3.63) is 23.2 Å². The molecule has 0 saturated heterocycles. The number of nitrogens with two attached hydrogens (primary N) is 1. The van der Waals surface area contributed by atoms with E-state index in [4.69, 9.17) is 26.2 Å². The lowest BCUT2D eigenvalue weighted by Gasteiger charge is -2.16. The predicted molar refractivity (Wildman–Crippen MR) is 64.8 cm³/mol. The number of ether oxygens (including phenoxy) is 2. The minimum atomic E-state index is -3.87. The molecule has 0 heterocycles. The van der Waals surface area contributed by atoms with Crippen molar-refractivity contribution in [2.45, 2.75) is 17.9 Å². The zero-order valence-corrected chi connectivity index (χ0v) is 11.1. The van der Waals surface area contributed by atoms with Gasteiger partial charge >= 0.3 is 0 Å². The molecule has 0 aliphatic heterocycles. The molecular formula is C10H14ClNO4S. The van der Waals surface area contributed by atoms with Crippen molar-refractivity contribution in [2.75, 3.05) is 13.7 Å². The van der Waals surface area contributed by atoms with Crippen molar-refractivity contribution in [3.63, 3.8) is 0 Å². The Kier molecular flexibility index (Phi) is 4.76. The summed E-state index contributed by atoms with van der Waals surface area (Å²) >= 11 is 5.72. The molecule has 1 aromatic carbocycles. The van der Waals surface area contributed by atoms with Crippen LogP contribution in [-0.4, -0.2) is 28.2 Å². The Labute approximate surface area is 106 Å². The van der Waals surface area contributed by atoms with E-state index in [1.165, 1.54) is 25.3 Å². The first kappa shape index (κ1) is 14.2. The largest absolute Gasteiger partial charge is 0.487 e. The van der Waals surface area contributed by atoms with Gasteiger partial charge in [-0.3, -0.25) is 0 Å². The summed E-state index contributed by atoms with van der Waals surface area (Å²) in [5, 5.41) is 5.36. The molecule has 96 valence electrons. The van der Waals surface area contributed by atoms with Crippen LogP contribution in [0.1, 0.15) is 6.92 Å². The average molecular weight is 280 g/mol. The Bertz CT molecular complexity index is 489. The van der Waals surface area contributed by atoms with Crippen LogP contribution in [0.2, 0.25) is 5.02 Å². The Balaban J connectivity index is 3.07. The molecule has 0 spiro atoms. The van der Waals surface area contributed by atoms with Gasteiger partial charge in [0.25, 0.3) is 0 Å². The maximum Gasteiger partial charge on any atom is 0.241 e. The number of hydrogen-bond acceptors (Lipinski definition) is 4. The Hall–Kier alpha value is -0.820. The van der Waals surface area contributed by atoms with Crippen molar-refractivity contribution in [1.29, 1.82) is 0 Å². The number of rotatable bonds is 5. The molecule has 0 aromatic heterocycles. The number of hydrogen-bond donors (Lipinski definition) is 1. The summed E-state index contributed by atoms with van der Waals surface area (Å²) in [4.78, 5) is -0.132. The molecule has 0 aliphatic rings. The minimum Gasteiger partial charge on any atom is -0.487 e. The van der Waals surface area contributed by atoms with E-state index >= 15 is 0 Å². The number of sulfonamides is 1. The third kappa shape index (κ3) is 4.16. The molecule has 0 saturated carbocycles. The van der Waals surface area contributed by atoms with Crippen molar-refractivity contribution < 1.29 is 17.9 Å². The van der Waals surface area contributed by atoms with Gasteiger partial charge in [-0.1, -0.05) is 11.6 Å². The first-order valence-corrected chi connectivity index (χ1v) is 6.75. The highest BCUT2D eigenvalue weighted by molar-refractivity contribution is 7.89. The van der Waals surface area contributed by atoms with E-state index in [0.717, 1.165) is 0 Å². The molecule has 0 aliphatic carbocycles. The van der Waals surface area contributed by atoms with Crippen LogP contribution in [0.3, 0.4) is 0 Å². The topological polar surface area (TPSA) is 78.6 Å². The second-order valence-corrected chi connectivity index (χ2v) is 5.49. The van der Waals surface area contributed by atoms with Crippen LogP contribution < -0.4 is 9.88 Å². The first-order chi connectivity index (χ1) is 7.84. The minimum absolute atomic E-state index is 0.132. The molecule has 5 nitrogen and oxygen atoms in total. The number of methoxy groups -OCH3 is 1. The monoisotopic (exact) mass is 279 g/mol. The van der Waals surface area contributed by atoms with Crippen molar-refractivity contribution in [2.24, 2.45) is 5.14 Å². The van der Waals surface area contributed by atoms with Gasteiger partial charge < -0.3 is 9.47 Å². The van der Waals surface area contributed by atoms with Crippen LogP contribution in [0.25, 0.3) is 0 Å². The van der Waals surface area contributed by atoms with Crippen molar-refractivity contribution >= 4 is 21.6 Å². The SMILES string of the molecule is COCC(C)Oc1ccc(Cl)cc1S(N)(=O)=O. The van der Waals surface area contributed by atoms with Crippen LogP contribution in [0.4, 0.5) is 0 Å². The van der Waals surface area contributed by atoms with Gasteiger partial charge in [-0.05, 0) is 25.1 Å². The van der Waals surface area contributed by atoms with Gasteiger partial charge in [-0.15, -0.1) is 0 Å². The Morgan fingerprint density at radius 1 is 1.47 bits per heavy atom. The summed E-state index contributed by atoms with van der Waals surface area (Å²) in [6, 6.07) is 4.26. The predicted octanol–water partition coefficient (Wildman–Crippen LogP) is 1.40. The summed E-state index contributed by atoms with van der Waals surface area (Å²) < 4.78 is 33.0. The third-order valence-corrected chi connectivity index (χ3v) is 3.11. The first-order valence-electron chi connectivity index (χ1n) is 4.82. The maximum atomic E-state index is 11.4. The molecule has 17 heavy (non-hydrogen) atoms. The van der Waals surface area contributed by atoms with Crippen LogP contribution in [-0.2, 0) is 14.8 Å². The summed E-state index contributed by atoms with van der Waals surface area (Å²) in [7, 11) is -2.34. The molecular weight excluding hydrogens is 266 g/mol. The quantitative estimate of drug-likeness (QED) is 0.884. The van der Waals surface area contributed by atoms with E-state index in [9.17, 15) is 8.42 Å². The molecule has 0 bridgehead atoms. The van der Waals surface area contributed by atoms with Gasteiger partial charge in [0.1, 0.15) is 16.7 Å². The fourth-order valence-electron chi connectivity index (χ4n) is 1.29. The van der Waals surface area contributed by atoms with E-state index in [0.29, 0.717) is 6.61 Å². The fraction of sp³-hybridized carbons (Fsp3) is 0.400. The normalized spacial score (nSPS) is 13.4. The third-order valence-electron chi connectivity index (χ3n) is 1.94. The molecule has 1 rings (SSSR count). The highest BCUT2D eigenvalue weighted by Gasteiger charge is 2.17. The lowest BCUT2D eigenvalue weighted by Crippen LogP contribution is -2.21. The number of primary sulfonamides is 1. The van der Waals surface area contributed by atoms with Crippen molar-refractivity contribution in [3.8, 4) is 5.75 Å². The van der Waals surface area contributed by atoms with E-state index in [1.807, 2.05) is 0 Å². The Morgan fingerprint density at radius 3 is 2.65 bits per heavy atom. The summed E-state index contributed by atoms with van der Waals surface area (Å²) in [6.45, 7) is 2.09. The van der Waals surface area contributed by atoms with Crippen LogP contribution in [0.5, 0.6) is 5.75 Å². The molecule has 0 amide bonds. The highest BCUT2D eigenvalue weighted by Crippen LogP contribution is 2.27. The molecule has 7 heteroatoms. The second kappa shape index (κ2) is 5.68. The molecule has 1 atom stereocenters. The lowest BCUT2D eigenvalue weighted by molar-refractivity contribution is 0.0901. The van der Waals surface area contributed by atoms with E-state index in [1.54, 1.807) is 6.92 Å². The zero-order valence-electron chi connectivity index (χ0n) is 9.51. The molecule has 2 N–H and O–H groups in total. The molecule has 0 radical (unpaired) electrons. The number of halogens is 1. The Morgan fingerprint density at radius 2 is 2.12 bits per heavy atom. The molecule has 0 fully saturated rings. The summed E-state index contributed by atoms with van der Waals surface area (Å²) in [6.07, 6.45) is -0.290. The molecule has 1 aromatic rings. The number of benzene rings is 1. The van der Waals surface area contributed by atoms with Gasteiger partial charge in [-0.2, -0.15) is 0 Å². The van der Waals surface area contributed by atoms with Crippen LogP contribution in [0.15, 0.2) is 23.1 Å². The lowest BCUT2D eigenvalue weighted by atomic mass is 10.3. The van der Waals surface area contributed by atoms with Gasteiger partial charge in [0.2, 0.25) is 10.0 Å².